The molecule has 96 valence electrons. The summed E-state index contributed by atoms with van der Waals surface area (Å²) < 4.78 is 13.1. The fourth-order valence-electron chi connectivity index (χ4n) is 1.53. The zero-order chi connectivity index (χ0) is 13.7. The first-order valence-electron chi connectivity index (χ1n) is 5.62. The van der Waals surface area contributed by atoms with Crippen molar-refractivity contribution in [3.8, 4) is 6.07 Å². The fourth-order valence-corrected chi connectivity index (χ4v) is 1.53. The van der Waals surface area contributed by atoms with Gasteiger partial charge in [-0.25, -0.2) is 14.4 Å². The summed E-state index contributed by atoms with van der Waals surface area (Å²) >= 11 is 0. The summed E-state index contributed by atoms with van der Waals surface area (Å²) in [4.78, 5) is 9.81. The molecule has 0 saturated heterocycles. The van der Waals surface area contributed by atoms with Crippen molar-refractivity contribution in [2.45, 2.75) is 0 Å². The third-order valence-corrected chi connectivity index (χ3v) is 2.45. The smallest absolute Gasteiger partial charge is 0.135 e. The van der Waals surface area contributed by atoms with Gasteiger partial charge in [0.15, 0.2) is 0 Å². The Morgan fingerprint density at radius 2 is 2.21 bits per heavy atom. The van der Waals surface area contributed by atoms with E-state index in [0.29, 0.717) is 17.3 Å². The number of benzene rings is 1. The highest BCUT2D eigenvalue weighted by atomic mass is 19.1. The number of aromatic nitrogens is 2. The first kappa shape index (κ1) is 12.8. The zero-order valence-electron chi connectivity index (χ0n) is 10.3. The predicted molar refractivity (Wildman–Crippen MR) is 70.6 cm³/mol. The minimum atomic E-state index is -0.319. The Hall–Kier alpha value is -2.68. The number of hydrogen-bond acceptors (Lipinski definition) is 5. The van der Waals surface area contributed by atoms with Crippen molar-refractivity contribution in [2.24, 2.45) is 0 Å². The van der Waals surface area contributed by atoms with Gasteiger partial charge < -0.3 is 10.2 Å². The van der Waals surface area contributed by atoms with Crippen LogP contribution in [0.5, 0.6) is 0 Å². The molecule has 19 heavy (non-hydrogen) atoms. The second-order valence-electron chi connectivity index (χ2n) is 3.91. The first-order chi connectivity index (χ1) is 9.19. The van der Waals surface area contributed by atoms with E-state index in [9.17, 15) is 4.39 Å². The van der Waals surface area contributed by atoms with Gasteiger partial charge in [-0.3, -0.25) is 0 Å². The standard InChI is InChI=1S/C13H12FN5/c1-19(6-5-15)13-8-12(16-9-17-13)18-11-4-2-3-10(14)7-11/h2-4,7-9H,6H2,1H3,(H,16,17,18). The number of nitrogens with one attached hydrogen (secondary N) is 1. The summed E-state index contributed by atoms with van der Waals surface area (Å²) in [5, 5.41) is 11.6. The van der Waals surface area contributed by atoms with E-state index in [1.807, 2.05) is 6.07 Å². The molecule has 1 heterocycles. The number of halogens is 1. The maximum atomic E-state index is 13.1. The summed E-state index contributed by atoms with van der Waals surface area (Å²) in [6.07, 6.45) is 1.39. The third kappa shape index (κ3) is 3.39. The number of nitriles is 1. The van der Waals surface area contributed by atoms with Crippen molar-refractivity contribution in [2.75, 3.05) is 23.8 Å². The molecule has 0 radical (unpaired) electrons. The summed E-state index contributed by atoms with van der Waals surface area (Å²) in [6.45, 7) is 0.233. The second kappa shape index (κ2) is 5.78. The molecule has 0 aliphatic heterocycles. The number of rotatable bonds is 4. The highest BCUT2D eigenvalue weighted by Gasteiger charge is 2.04. The van der Waals surface area contributed by atoms with Gasteiger partial charge in [0, 0.05) is 18.8 Å². The average Bonchev–Trinajstić information content (AvgIpc) is 2.39. The molecule has 0 fully saturated rings. The van der Waals surface area contributed by atoms with E-state index in [1.165, 1.54) is 18.5 Å². The van der Waals surface area contributed by atoms with Crippen molar-refractivity contribution in [1.29, 1.82) is 5.26 Å². The lowest BCUT2D eigenvalue weighted by Crippen LogP contribution is -2.18. The first-order valence-corrected chi connectivity index (χ1v) is 5.62. The predicted octanol–water partition coefficient (Wildman–Crippen LogP) is 2.32. The van der Waals surface area contributed by atoms with Crippen LogP contribution in [0.4, 0.5) is 21.7 Å². The molecule has 0 aliphatic rings. The van der Waals surface area contributed by atoms with Crippen LogP contribution >= 0.6 is 0 Å². The molecule has 0 aliphatic carbocycles. The Labute approximate surface area is 110 Å². The topological polar surface area (TPSA) is 64.8 Å². The number of nitrogens with zero attached hydrogens (tertiary/aromatic N) is 4. The normalized spacial score (nSPS) is 9.74. The van der Waals surface area contributed by atoms with Crippen molar-refractivity contribution in [3.63, 3.8) is 0 Å². The lowest BCUT2D eigenvalue weighted by Gasteiger charge is -2.14. The van der Waals surface area contributed by atoms with E-state index < -0.39 is 0 Å². The molecule has 5 nitrogen and oxygen atoms in total. The maximum absolute atomic E-state index is 13.1. The Bertz CT molecular complexity index is 608. The van der Waals surface area contributed by atoms with E-state index in [0.717, 1.165) is 0 Å². The van der Waals surface area contributed by atoms with Crippen molar-refractivity contribution < 1.29 is 4.39 Å². The van der Waals surface area contributed by atoms with Gasteiger partial charge in [0.2, 0.25) is 0 Å². The Morgan fingerprint density at radius 3 is 2.95 bits per heavy atom. The molecule has 1 N–H and O–H groups in total. The third-order valence-electron chi connectivity index (χ3n) is 2.45. The monoisotopic (exact) mass is 257 g/mol. The number of anilines is 3. The van der Waals surface area contributed by atoms with Gasteiger partial charge >= 0.3 is 0 Å². The van der Waals surface area contributed by atoms with Crippen LogP contribution in [0.15, 0.2) is 36.7 Å². The minimum absolute atomic E-state index is 0.233. The van der Waals surface area contributed by atoms with Crippen LogP contribution in [0.1, 0.15) is 0 Å². The van der Waals surface area contributed by atoms with Crippen LogP contribution in [0.3, 0.4) is 0 Å². The number of hydrogen-bond donors (Lipinski definition) is 1. The van der Waals surface area contributed by atoms with Crippen LogP contribution < -0.4 is 10.2 Å². The molecule has 0 amide bonds. The SMILES string of the molecule is CN(CC#N)c1cc(Nc2cccc(F)c2)ncn1. The molecule has 0 saturated carbocycles. The van der Waals surface area contributed by atoms with Gasteiger partial charge in [-0.15, -0.1) is 0 Å². The molecular formula is C13H12FN5. The van der Waals surface area contributed by atoms with Gasteiger partial charge in [-0.2, -0.15) is 5.26 Å². The van der Waals surface area contributed by atoms with Crippen LogP contribution in [0.25, 0.3) is 0 Å². The van der Waals surface area contributed by atoms with Crippen LogP contribution in [0.2, 0.25) is 0 Å². The highest BCUT2D eigenvalue weighted by Crippen LogP contribution is 2.18. The highest BCUT2D eigenvalue weighted by molar-refractivity contribution is 5.59. The van der Waals surface area contributed by atoms with E-state index in [4.69, 9.17) is 5.26 Å². The van der Waals surface area contributed by atoms with Crippen LogP contribution in [0, 0.1) is 17.1 Å². The molecule has 0 unspecified atom stereocenters. The molecule has 2 aromatic rings. The van der Waals surface area contributed by atoms with Crippen molar-refractivity contribution >= 4 is 17.3 Å². The van der Waals surface area contributed by atoms with Crippen molar-refractivity contribution in [3.05, 3.63) is 42.5 Å². The summed E-state index contributed by atoms with van der Waals surface area (Å²) in [6, 6.07) is 9.84. The molecular weight excluding hydrogens is 245 g/mol. The average molecular weight is 257 g/mol. The Balaban J connectivity index is 2.18. The van der Waals surface area contributed by atoms with Gasteiger partial charge in [0.05, 0.1) is 6.07 Å². The van der Waals surface area contributed by atoms with E-state index in [-0.39, 0.29) is 12.4 Å². The van der Waals surface area contributed by atoms with E-state index >= 15 is 0 Å². The van der Waals surface area contributed by atoms with Crippen LogP contribution in [-0.4, -0.2) is 23.6 Å². The Kier molecular flexibility index (Phi) is 3.88. The molecule has 0 bridgehead atoms. The second-order valence-corrected chi connectivity index (χ2v) is 3.91. The molecule has 2 rings (SSSR count). The molecule has 1 aromatic carbocycles. The maximum Gasteiger partial charge on any atom is 0.135 e. The minimum Gasteiger partial charge on any atom is -0.346 e. The van der Waals surface area contributed by atoms with Gasteiger partial charge in [-0.05, 0) is 18.2 Å². The fraction of sp³-hybridized carbons (Fsp3) is 0.154. The molecule has 0 atom stereocenters. The van der Waals surface area contributed by atoms with Crippen LogP contribution in [-0.2, 0) is 0 Å². The quantitative estimate of drug-likeness (QED) is 0.851. The van der Waals surface area contributed by atoms with Gasteiger partial charge in [-0.1, -0.05) is 6.07 Å². The largest absolute Gasteiger partial charge is 0.346 e. The molecule has 0 spiro atoms. The summed E-state index contributed by atoms with van der Waals surface area (Å²) in [5.74, 6) is 0.844. The van der Waals surface area contributed by atoms with Gasteiger partial charge in [0.25, 0.3) is 0 Å². The Morgan fingerprint density at radius 1 is 1.37 bits per heavy atom. The lowest BCUT2D eigenvalue weighted by atomic mass is 10.3. The lowest BCUT2D eigenvalue weighted by molar-refractivity contribution is 0.628. The summed E-state index contributed by atoms with van der Waals surface area (Å²) in [7, 11) is 1.76. The zero-order valence-corrected chi connectivity index (χ0v) is 10.3. The van der Waals surface area contributed by atoms with Gasteiger partial charge in [0.1, 0.15) is 30.3 Å². The van der Waals surface area contributed by atoms with E-state index in [2.05, 4.69) is 15.3 Å². The van der Waals surface area contributed by atoms with Crippen molar-refractivity contribution in [1.82, 2.24) is 9.97 Å². The molecule has 6 heteroatoms. The molecule has 1 aromatic heterocycles. The van der Waals surface area contributed by atoms with E-state index in [1.54, 1.807) is 30.1 Å². The summed E-state index contributed by atoms with van der Waals surface area (Å²) in [5.41, 5.74) is 0.604.